The number of aliphatic hydroxyl groups is 1. The maximum Gasteiger partial charge on any atom is 0.460 e. The number of aliphatic hydroxyl groups excluding tert-OH is 1. The zero-order chi connectivity index (χ0) is 18.3. The lowest BCUT2D eigenvalue weighted by atomic mass is 9.94. The Labute approximate surface area is 123 Å². The highest BCUT2D eigenvalue weighted by Gasteiger charge is 2.83. The smallest absolute Gasteiger partial charge is 0.460 e. The molecule has 0 fully saturated rings. The Bertz CT molecular complexity index is 554. The summed E-state index contributed by atoms with van der Waals surface area (Å²) in [6, 6.07) is 3.34. The SMILES string of the molecule is COc1cccc(C(O)C(F)(F)C(F)(F)C(F)(F)C(F)(F)F)c1. The second-order valence-electron chi connectivity index (χ2n) is 4.45. The molecular weight excluding hydrogens is 347 g/mol. The molecule has 0 aliphatic heterocycles. The quantitative estimate of drug-likeness (QED) is 0.802. The van der Waals surface area contributed by atoms with E-state index in [-0.39, 0.29) is 5.75 Å². The molecule has 0 amide bonds. The average molecular weight is 356 g/mol. The molecule has 1 aromatic rings. The fourth-order valence-electron chi connectivity index (χ4n) is 1.58. The van der Waals surface area contributed by atoms with Gasteiger partial charge in [0.1, 0.15) is 11.9 Å². The summed E-state index contributed by atoms with van der Waals surface area (Å²) >= 11 is 0. The molecule has 0 radical (unpaired) electrons. The highest BCUT2D eigenvalue weighted by Crippen LogP contribution is 2.56. The Morgan fingerprint density at radius 3 is 1.87 bits per heavy atom. The Morgan fingerprint density at radius 1 is 0.913 bits per heavy atom. The average Bonchev–Trinajstić information content (AvgIpc) is 2.44. The van der Waals surface area contributed by atoms with Gasteiger partial charge >= 0.3 is 23.9 Å². The van der Waals surface area contributed by atoms with Crippen LogP contribution in [0.15, 0.2) is 24.3 Å². The van der Waals surface area contributed by atoms with Crippen LogP contribution in [0.1, 0.15) is 11.7 Å². The topological polar surface area (TPSA) is 29.5 Å². The van der Waals surface area contributed by atoms with E-state index < -0.39 is 35.6 Å². The number of hydrogen-bond donors (Lipinski definition) is 1. The molecule has 0 heterocycles. The molecule has 1 atom stereocenters. The van der Waals surface area contributed by atoms with Crippen molar-refractivity contribution in [3.05, 3.63) is 29.8 Å². The van der Waals surface area contributed by atoms with Crippen molar-refractivity contribution in [3.63, 3.8) is 0 Å². The number of methoxy groups -OCH3 is 1. The Balaban J connectivity index is 3.32. The van der Waals surface area contributed by atoms with Crippen molar-refractivity contribution in [3.8, 4) is 5.75 Å². The third-order valence-electron chi connectivity index (χ3n) is 2.92. The molecule has 23 heavy (non-hydrogen) atoms. The molecule has 0 bridgehead atoms. The van der Waals surface area contributed by atoms with Gasteiger partial charge in [0, 0.05) is 0 Å². The van der Waals surface area contributed by atoms with Gasteiger partial charge in [-0.1, -0.05) is 12.1 Å². The Hall–Kier alpha value is -1.65. The van der Waals surface area contributed by atoms with E-state index in [1.54, 1.807) is 0 Å². The molecule has 1 N–H and O–H groups in total. The van der Waals surface area contributed by atoms with Crippen molar-refractivity contribution in [1.82, 2.24) is 0 Å². The van der Waals surface area contributed by atoms with E-state index in [1.807, 2.05) is 0 Å². The van der Waals surface area contributed by atoms with E-state index >= 15 is 0 Å². The van der Waals surface area contributed by atoms with Crippen LogP contribution in [0.25, 0.3) is 0 Å². The number of benzene rings is 1. The normalized spacial score (nSPS) is 15.4. The molecule has 2 nitrogen and oxygen atoms in total. The van der Waals surface area contributed by atoms with Gasteiger partial charge < -0.3 is 9.84 Å². The van der Waals surface area contributed by atoms with Crippen molar-refractivity contribution >= 4 is 0 Å². The van der Waals surface area contributed by atoms with Crippen LogP contribution < -0.4 is 4.74 Å². The second-order valence-corrected chi connectivity index (χ2v) is 4.45. The lowest BCUT2D eigenvalue weighted by Crippen LogP contribution is -2.62. The van der Waals surface area contributed by atoms with E-state index in [2.05, 4.69) is 4.74 Å². The summed E-state index contributed by atoms with van der Waals surface area (Å²) < 4.78 is 119. The zero-order valence-electron chi connectivity index (χ0n) is 11.1. The number of ether oxygens (including phenoxy) is 1. The van der Waals surface area contributed by atoms with Gasteiger partial charge in [0.15, 0.2) is 0 Å². The molecule has 0 saturated carbocycles. The Kier molecular flexibility index (Phi) is 4.86. The number of rotatable bonds is 5. The first-order valence-corrected chi connectivity index (χ1v) is 5.72. The van der Waals surface area contributed by atoms with Gasteiger partial charge in [-0.3, -0.25) is 0 Å². The summed E-state index contributed by atoms with van der Waals surface area (Å²) in [7, 11) is 1.05. The van der Waals surface area contributed by atoms with Crippen molar-refractivity contribution in [2.45, 2.75) is 30.0 Å². The van der Waals surface area contributed by atoms with Crippen LogP contribution in [0.5, 0.6) is 5.75 Å². The summed E-state index contributed by atoms with van der Waals surface area (Å²) in [6.07, 6.45) is -10.6. The van der Waals surface area contributed by atoms with E-state index in [0.29, 0.717) is 12.1 Å². The maximum absolute atomic E-state index is 13.5. The predicted octanol–water partition coefficient (Wildman–Crippen LogP) is 4.20. The lowest BCUT2D eigenvalue weighted by molar-refractivity contribution is -0.406. The van der Waals surface area contributed by atoms with E-state index in [4.69, 9.17) is 0 Å². The maximum atomic E-state index is 13.5. The number of alkyl halides is 9. The van der Waals surface area contributed by atoms with Crippen molar-refractivity contribution in [2.75, 3.05) is 7.11 Å². The highest BCUT2D eigenvalue weighted by atomic mass is 19.4. The molecule has 0 aliphatic carbocycles. The summed E-state index contributed by atoms with van der Waals surface area (Å²) in [5.74, 6) is -20.3. The monoisotopic (exact) mass is 356 g/mol. The van der Waals surface area contributed by atoms with E-state index in [0.717, 1.165) is 19.2 Å². The fraction of sp³-hybridized carbons (Fsp3) is 0.500. The predicted molar refractivity (Wildman–Crippen MR) is 58.8 cm³/mol. The van der Waals surface area contributed by atoms with Crippen LogP contribution in [0, 0.1) is 0 Å². The number of halogens is 9. The lowest BCUT2D eigenvalue weighted by Gasteiger charge is -2.35. The first kappa shape index (κ1) is 19.4. The molecule has 1 unspecified atom stereocenters. The van der Waals surface area contributed by atoms with Gasteiger partial charge in [-0.15, -0.1) is 0 Å². The molecule has 1 rings (SSSR count). The third-order valence-corrected chi connectivity index (χ3v) is 2.92. The van der Waals surface area contributed by atoms with E-state index in [9.17, 15) is 44.6 Å². The number of hydrogen-bond acceptors (Lipinski definition) is 2. The van der Waals surface area contributed by atoms with Gasteiger partial charge in [-0.2, -0.15) is 39.5 Å². The third kappa shape index (κ3) is 3.06. The molecular formula is C12H9F9O2. The van der Waals surface area contributed by atoms with Crippen LogP contribution in [0.2, 0.25) is 0 Å². The van der Waals surface area contributed by atoms with Crippen LogP contribution in [0.4, 0.5) is 39.5 Å². The molecule has 0 saturated heterocycles. The fourth-order valence-corrected chi connectivity index (χ4v) is 1.58. The summed E-state index contributed by atoms with van der Waals surface area (Å²) in [5.41, 5.74) is -1.02. The molecule has 1 aromatic carbocycles. The zero-order valence-corrected chi connectivity index (χ0v) is 11.1. The van der Waals surface area contributed by atoms with Crippen LogP contribution in [-0.4, -0.2) is 36.2 Å². The molecule has 0 spiro atoms. The first-order chi connectivity index (χ1) is 10.2. The molecule has 0 aliphatic rings. The molecule has 0 aromatic heterocycles. The van der Waals surface area contributed by atoms with Crippen LogP contribution in [-0.2, 0) is 0 Å². The standard InChI is InChI=1S/C12H9F9O2/c1-23-7-4-2-3-6(5-7)8(22)9(13,14)10(15,16)11(17,18)12(19,20)21/h2-5,8,22H,1H3. The Morgan fingerprint density at radius 2 is 1.43 bits per heavy atom. The molecule has 11 heteroatoms. The van der Waals surface area contributed by atoms with Gasteiger partial charge in [0.2, 0.25) is 0 Å². The summed E-state index contributed by atoms with van der Waals surface area (Å²) in [5, 5.41) is 9.25. The highest BCUT2D eigenvalue weighted by molar-refractivity contribution is 5.31. The van der Waals surface area contributed by atoms with Gasteiger partial charge in [-0.05, 0) is 17.7 Å². The molecule has 132 valence electrons. The van der Waals surface area contributed by atoms with Crippen molar-refractivity contribution in [1.29, 1.82) is 0 Å². The van der Waals surface area contributed by atoms with Gasteiger partial charge in [-0.25, -0.2) is 0 Å². The second kappa shape index (κ2) is 5.77. The largest absolute Gasteiger partial charge is 0.497 e. The summed E-state index contributed by atoms with van der Waals surface area (Å²) in [6.45, 7) is 0. The minimum absolute atomic E-state index is 0.205. The minimum Gasteiger partial charge on any atom is -0.497 e. The minimum atomic E-state index is -7.05. The first-order valence-electron chi connectivity index (χ1n) is 5.72. The van der Waals surface area contributed by atoms with Crippen molar-refractivity contribution < 1.29 is 49.4 Å². The van der Waals surface area contributed by atoms with Crippen LogP contribution >= 0.6 is 0 Å². The van der Waals surface area contributed by atoms with Crippen LogP contribution in [0.3, 0.4) is 0 Å². The van der Waals surface area contributed by atoms with Gasteiger partial charge in [0.05, 0.1) is 7.11 Å². The van der Waals surface area contributed by atoms with Gasteiger partial charge in [0.25, 0.3) is 0 Å². The van der Waals surface area contributed by atoms with Crippen molar-refractivity contribution in [2.24, 2.45) is 0 Å². The summed E-state index contributed by atoms with van der Waals surface area (Å²) in [4.78, 5) is 0. The van der Waals surface area contributed by atoms with E-state index in [1.165, 1.54) is 0 Å².